The number of carbonyl (C=O) groups excluding carboxylic acids is 2. The highest BCUT2D eigenvalue weighted by atomic mass is 16.5. The Bertz CT molecular complexity index is 1070. The molecule has 0 aromatic heterocycles. The molecule has 1 aliphatic carbocycles. The first kappa shape index (κ1) is 33.5. The normalized spacial score (nSPS) is 19.0. The molecule has 1 heterocycles. The molecule has 3 rings (SSSR count). The van der Waals surface area contributed by atoms with Gasteiger partial charge in [-0.1, -0.05) is 0 Å². The third-order valence-electron chi connectivity index (χ3n) is 7.87. The second kappa shape index (κ2) is 14.9. The minimum Gasteiger partial charge on any atom is -0.493 e. The van der Waals surface area contributed by atoms with Gasteiger partial charge in [0.05, 0.1) is 31.8 Å². The van der Waals surface area contributed by atoms with E-state index in [0.717, 1.165) is 12.8 Å². The highest BCUT2D eigenvalue weighted by Crippen LogP contribution is 2.33. The lowest BCUT2D eigenvalue weighted by Crippen LogP contribution is -2.57. The molecule has 1 aliphatic heterocycles. The van der Waals surface area contributed by atoms with Gasteiger partial charge in [-0.3, -0.25) is 9.59 Å². The summed E-state index contributed by atoms with van der Waals surface area (Å²) in [6, 6.07) is 4.55. The summed E-state index contributed by atoms with van der Waals surface area (Å²) in [5.41, 5.74) is -0.649. The van der Waals surface area contributed by atoms with Gasteiger partial charge in [-0.25, -0.2) is 4.79 Å². The summed E-state index contributed by atoms with van der Waals surface area (Å²) in [6.07, 6.45) is 3.32. The van der Waals surface area contributed by atoms with E-state index in [4.69, 9.17) is 14.2 Å². The Hall–Kier alpha value is -3.05. The molecule has 1 saturated heterocycles. The molecule has 11 nitrogen and oxygen atoms in total. The van der Waals surface area contributed by atoms with Crippen LogP contribution in [0.15, 0.2) is 18.2 Å². The first-order chi connectivity index (χ1) is 19.9. The van der Waals surface area contributed by atoms with Gasteiger partial charge >= 0.3 is 6.09 Å². The molecule has 0 spiro atoms. The zero-order valence-electron chi connectivity index (χ0n) is 26.0. The van der Waals surface area contributed by atoms with E-state index in [9.17, 15) is 24.6 Å². The lowest BCUT2D eigenvalue weighted by atomic mass is 9.93. The molecule has 2 fully saturated rings. The number of piperidine rings is 1. The molecule has 2 aliphatic rings. The predicted molar refractivity (Wildman–Crippen MR) is 158 cm³/mol. The van der Waals surface area contributed by atoms with Crippen LogP contribution < -0.4 is 9.47 Å². The largest absolute Gasteiger partial charge is 0.493 e. The van der Waals surface area contributed by atoms with Crippen molar-refractivity contribution in [3.05, 3.63) is 23.8 Å². The van der Waals surface area contributed by atoms with Crippen LogP contribution in [0.5, 0.6) is 11.5 Å². The van der Waals surface area contributed by atoms with E-state index in [2.05, 4.69) is 0 Å². The number of amides is 3. The van der Waals surface area contributed by atoms with Gasteiger partial charge in [0.15, 0.2) is 11.5 Å². The highest BCUT2D eigenvalue weighted by Gasteiger charge is 2.39. The van der Waals surface area contributed by atoms with E-state index in [1.807, 2.05) is 18.7 Å². The second-order valence-electron chi connectivity index (χ2n) is 12.3. The number of aliphatic hydroxyl groups is 1. The number of rotatable bonds is 15. The average molecular weight is 592 g/mol. The molecular formula is C31H49N3O8. The maximum absolute atomic E-state index is 13.8. The summed E-state index contributed by atoms with van der Waals surface area (Å²) in [5.74, 6) is 0.705. The van der Waals surface area contributed by atoms with Crippen LogP contribution in [0.25, 0.3) is 0 Å². The Morgan fingerprint density at radius 3 is 2.31 bits per heavy atom. The quantitative estimate of drug-likeness (QED) is 0.293. The summed E-state index contributed by atoms with van der Waals surface area (Å²) in [5, 5.41) is 20.3. The van der Waals surface area contributed by atoms with Crippen LogP contribution >= 0.6 is 0 Å². The third-order valence-corrected chi connectivity index (χ3v) is 7.87. The number of likely N-dealkylation sites (tertiary alicyclic amines) is 1. The smallest absolute Gasteiger partial charge is 0.407 e. The number of carboxylic acid groups (broad SMARTS) is 1. The van der Waals surface area contributed by atoms with Crippen LogP contribution in [0.4, 0.5) is 4.79 Å². The Balaban J connectivity index is 1.71. The summed E-state index contributed by atoms with van der Waals surface area (Å²) in [4.78, 5) is 44.1. The fourth-order valence-corrected chi connectivity index (χ4v) is 5.71. The minimum atomic E-state index is -1.09. The fourth-order valence-electron chi connectivity index (χ4n) is 5.71. The topological polar surface area (TPSA) is 129 Å². The van der Waals surface area contributed by atoms with Crippen molar-refractivity contribution in [3.63, 3.8) is 0 Å². The van der Waals surface area contributed by atoms with Gasteiger partial charge in [-0.2, -0.15) is 0 Å². The molecule has 1 aromatic carbocycles. The first-order valence-electron chi connectivity index (χ1n) is 15.0. The SMILES string of the molecule is COCCCOc1cc(C(=O)N(C(C)C)[C@@H]2CC[C@H](CCN(C(=O)CC(C)(C)O)C3CC3)N(C(=O)O)C2)ccc1OC. The Labute approximate surface area is 249 Å². The van der Waals surface area contributed by atoms with Gasteiger partial charge < -0.3 is 39.1 Å². The number of hydrogen-bond donors (Lipinski definition) is 2. The van der Waals surface area contributed by atoms with Crippen molar-refractivity contribution < 1.29 is 38.8 Å². The number of ether oxygens (including phenoxy) is 3. The highest BCUT2D eigenvalue weighted by molar-refractivity contribution is 5.95. The molecule has 11 heteroatoms. The maximum Gasteiger partial charge on any atom is 0.407 e. The Morgan fingerprint density at radius 1 is 1.05 bits per heavy atom. The van der Waals surface area contributed by atoms with Gasteiger partial charge in [0.2, 0.25) is 5.91 Å². The number of nitrogens with zero attached hydrogens (tertiary/aromatic N) is 3. The van der Waals surface area contributed by atoms with E-state index < -0.39 is 11.7 Å². The average Bonchev–Trinajstić information content (AvgIpc) is 3.75. The maximum atomic E-state index is 13.8. The van der Waals surface area contributed by atoms with Crippen molar-refractivity contribution in [2.24, 2.45) is 0 Å². The predicted octanol–water partition coefficient (Wildman–Crippen LogP) is 4.01. The molecule has 42 heavy (non-hydrogen) atoms. The van der Waals surface area contributed by atoms with E-state index in [1.54, 1.807) is 51.2 Å². The second-order valence-corrected chi connectivity index (χ2v) is 12.3. The standard InChI is InChI=1S/C31H49N3O8/c1-21(2)34(29(36)22-8-13-26(41-6)27(18-22)42-17-7-16-40-5)25-12-11-24(33(20-25)30(37)38)14-15-32(23-9-10-23)28(35)19-31(3,4)39/h8,13,18,21,23-25,39H,7,9-12,14-17,19-20H2,1-6H3,(H,37,38)/t24-,25-/m1/s1. The van der Waals surface area contributed by atoms with E-state index in [0.29, 0.717) is 62.5 Å². The van der Waals surface area contributed by atoms with Crippen LogP contribution in [0.3, 0.4) is 0 Å². The molecule has 2 N–H and O–H groups in total. The fraction of sp³-hybridized carbons (Fsp3) is 0.710. The number of hydrogen-bond acceptors (Lipinski definition) is 7. The van der Waals surface area contributed by atoms with Crippen LogP contribution in [0.1, 0.15) is 83.0 Å². The minimum absolute atomic E-state index is 0.0373. The molecule has 0 bridgehead atoms. The molecule has 2 atom stereocenters. The molecule has 0 unspecified atom stereocenters. The van der Waals surface area contributed by atoms with Crippen LogP contribution in [-0.2, 0) is 9.53 Å². The molecule has 3 amide bonds. The van der Waals surface area contributed by atoms with Crippen molar-refractivity contribution in [1.29, 1.82) is 0 Å². The lowest BCUT2D eigenvalue weighted by Gasteiger charge is -2.44. The lowest BCUT2D eigenvalue weighted by molar-refractivity contribution is -0.136. The zero-order valence-corrected chi connectivity index (χ0v) is 26.0. The van der Waals surface area contributed by atoms with E-state index >= 15 is 0 Å². The van der Waals surface area contributed by atoms with Crippen LogP contribution in [-0.4, -0.2) is 113 Å². The van der Waals surface area contributed by atoms with Gasteiger partial charge in [0.25, 0.3) is 5.91 Å². The van der Waals surface area contributed by atoms with Crippen molar-refractivity contribution in [2.75, 3.05) is 40.5 Å². The molecule has 0 radical (unpaired) electrons. The zero-order chi connectivity index (χ0) is 31.0. The molecule has 1 aromatic rings. The van der Waals surface area contributed by atoms with Crippen LogP contribution in [0, 0.1) is 0 Å². The van der Waals surface area contributed by atoms with Crippen molar-refractivity contribution in [2.45, 2.75) is 102 Å². The van der Waals surface area contributed by atoms with Crippen molar-refractivity contribution in [1.82, 2.24) is 14.7 Å². The monoisotopic (exact) mass is 591 g/mol. The number of benzene rings is 1. The van der Waals surface area contributed by atoms with Gasteiger partial charge in [0, 0.05) is 56.9 Å². The third kappa shape index (κ3) is 9.22. The van der Waals surface area contributed by atoms with Crippen molar-refractivity contribution in [3.8, 4) is 11.5 Å². The number of carbonyl (C=O) groups is 3. The Morgan fingerprint density at radius 2 is 1.74 bits per heavy atom. The van der Waals surface area contributed by atoms with Crippen molar-refractivity contribution >= 4 is 17.9 Å². The summed E-state index contributed by atoms with van der Waals surface area (Å²) >= 11 is 0. The van der Waals surface area contributed by atoms with E-state index in [-0.39, 0.29) is 48.9 Å². The van der Waals surface area contributed by atoms with Crippen LogP contribution in [0.2, 0.25) is 0 Å². The first-order valence-corrected chi connectivity index (χ1v) is 15.0. The Kier molecular flexibility index (Phi) is 11.9. The summed E-state index contributed by atoms with van der Waals surface area (Å²) in [7, 11) is 3.17. The molecule has 236 valence electrons. The summed E-state index contributed by atoms with van der Waals surface area (Å²) < 4.78 is 16.4. The molecular weight excluding hydrogens is 542 g/mol. The number of methoxy groups -OCH3 is 2. The summed E-state index contributed by atoms with van der Waals surface area (Å²) in [6.45, 7) is 8.72. The molecule has 1 saturated carbocycles. The van der Waals surface area contributed by atoms with Gasteiger partial charge in [-0.15, -0.1) is 0 Å². The van der Waals surface area contributed by atoms with Gasteiger partial charge in [-0.05, 0) is 78.0 Å². The van der Waals surface area contributed by atoms with E-state index in [1.165, 1.54) is 4.90 Å². The van der Waals surface area contributed by atoms with Gasteiger partial charge in [0.1, 0.15) is 0 Å².